The molecule has 0 bridgehead atoms. The van der Waals surface area contributed by atoms with Crippen molar-refractivity contribution in [2.75, 3.05) is 5.32 Å². The van der Waals surface area contributed by atoms with Crippen LogP contribution in [-0.4, -0.2) is 10.9 Å². The minimum Gasteiger partial charge on any atom is -0.311 e. The van der Waals surface area contributed by atoms with Crippen molar-refractivity contribution in [2.24, 2.45) is 0 Å². The first-order valence-corrected chi connectivity index (χ1v) is 6.90. The molecule has 104 valence electrons. The van der Waals surface area contributed by atoms with Gasteiger partial charge in [0, 0.05) is 31.2 Å². The second kappa shape index (κ2) is 7.38. The minimum absolute atomic E-state index is 0.0272. The van der Waals surface area contributed by atoms with Crippen LogP contribution in [0.2, 0.25) is 0 Å². The number of nitrogens with zero attached hydrogens (tertiary/aromatic N) is 2. The van der Waals surface area contributed by atoms with Crippen molar-refractivity contribution in [1.29, 1.82) is 0 Å². The number of aryl methyl sites for hydroxylation is 2. The molecule has 0 aliphatic rings. The predicted octanol–water partition coefficient (Wildman–Crippen LogP) is 2.49. The number of aromatic nitrogens is 2. The molecule has 0 saturated carbocycles. The van der Waals surface area contributed by atoms with Crippen molar-refractivity contribution >= 4 is 11.7 Å². The summed E-state index contributed by atoms with van der Waals surface area (Å²) < 4.78 is 2.12. The molecule has 2 aromatic rings. The van der Waals surface area contributed by atoms with Gasteiger partial charge in [0.1, 0.15) is 12.4 Å². The van der Waals surface area contributed by atoms with Crippen molar-refractivity contribution in [1.82, 2.24) is 4.98 Å². The van der Waals surface area contributed by atoms with Gasteiger partial charge in [-0.05, 0) is 25.0 Å². The summed E-state index contributed by atoms with van der Waals surface area (Å²) in [6.07, 6.45) is 8.22. The van der Waals surface area contributed by atoms with Gasteiger partial charge in [0.15, 0.2) is 12.4 Å². The molecule has 2 heterocycles. The summed E-state index contributed by atoms with van der Waals surface area (Å²) in [4.78, 5) is 15.9. The molecule has 0 saturated heterocycles. The molecule has 0 radical (unpaired) electrons. The highest BCUT2D eigenvalue weighted by Gasteiger charge is 2.04. The van der Waals surface area contributed by atoms with Gasteiger partial charge in [-0.2, -0.15) is 0 Å². The van der Waals surface area contributed by atoms with Gasteiger partial charge in [-0.15, -0.1) is 0 Å². The Morgan fingerprint density at radius 1 is 1.20 bits per heavy atom. The van der Waals surface area contributed by atoms with Crippen LogP contribution >= 0.6 is 0 Å². The zero-order valence-corrected chi connectivity index (χ0v) is 11.7. The number of anilines is 1. The van der Waals surface area contributed by atoms with Crippen LogP contribution in [0.3, 0.4) is 0 Å². The van der Waals surface area contributed by atoms with E-state index in [0.29, 0.717) is 12.2 Å². The van der Waals surface area contributed by atoms with Crippen LogP contribution in [0.15, 0.2) is 48.9 Å². The topological polar surface area (TPSA) is 45.9 Å². The molecular weight excluding hydrogens is 250 g/mol. The molecule has 0 aliphatic heterocycles. The monoisotopic (exact) mass is 270 g/mol. The molecule has 4 heteroatoms. The molecular formula is C16H20N3O+. The summed E-state index contributed by atoms with van der Waals surface area (Å²) in [5, 5.41) is 2.81. The molecule has 0 unspecified atom stereocenters. The normalized spacial score (nSPS) is 10.2. The maximum absolute atomic E-state index is 11.8. The Hall–Kier alpha value is -2.23. The Kier molecular flexibility index (Phi) is 5.24. The third-order valence-electron chi connectivity index (χ3n) is 3.03. The first-order chi connectivity index (χ1) is 9.74. The van der Waals surface area contributed by atoms with E-state index in [9.17, 15) is 4.79 Å². The smallest absolute Gasteiger partial charge is 0.225 e. The van der Waals surface area contributed by atoms with Gasteiger partial charge in [0.25, 0.3) is 0 Å². The number of carbonyl (C=O) groups is 1. The molecule has 0 spiro atoms. The molecule has 2 rings (SSSR count). The van der Waals surface area contributed by atoms with Gasteiger partial charge in [-0.3, -0.25) is 4.79 Å². The van der Waals surface area contributed by atoms with Gasteiger partial charge in [-0.25, -0.2) is 9.55 Å². The average molecular weight is 270 g/mol. The van der Waals surface area contributed by atoms with Gasteiger partial charge < -0.3 is 5.32 Å². The number of nitrogens with one attached hydrogen (secondary N) is 1. The highest BCUT2D eigenvalue weighted by molar-refractivity contribution is 5.89. The maximum atomic E-state index is 11.8. The van der Waals surface area contributed by atoms with Crippen molar-refractivity contribution < 1.29 is 9.36 Å². The molecule has 1 N–H and O–H groups in total. The van der Waals surface area contributed by atoms with Gasteiger partial charge in [-0.1, -0.05) is 12.1 Å². The Bertz CT molecular complexity index is 537. The number of hydrogen-bond acceptors (Lipinski definition) is 2. The average Bonchev–Trinajstić information content (AvgIpc) is 2.47. The van der Waals surface area contributed by atoms with Crippen LogP contribution in [0.1, 0.15) is 24.8 Å². The Morgan fingerprint density at radius 3 is 2.70 bits per heavy atom. The van der Waals surface area contributed by atoms with E-state index in [0.717, 1.165) is 24.9 Å². The Labute approximate surface area is 119 Å². The molecule has 0 atom stereocenters. The molecule has 0 fully saturated rings. The first kappa shape index (κ1) is 14.2. The van der Waals surface area contributed by atoms with Crippen LogP contribution in [0, 0.1) is 6.92 Å². The van der Waals surface area contributed by atoms with Gasteiger partial charge in [0.2, 0.25) is 5.91 Å². The molecule has 4 nitrogen and oxygen atoms in total. The number of carbonyl (C=O) groups excluding carboxylic acids is 1. The van der Waals surface area contributed by atoms with Crippen molar-refractivity contribution in [2.45, 2.75) is 32.7 Å². The van der Waals surface area contributed by atoms with Crippen molar-refractivity contribution in [3.05, 3.63) is 54.5 Å². The number of unbranched alkanes of at least 4 members (excludes halogenated alkanes) is 1. The van der Waals surface area contributed by atoms with Crippen molar-refractivity contribution in [3.8, 4) is 0 Å². The fraction of sp³-hybridized carbons (Fsp3) is 0.312. The molecule has 20 heavy (non-hydrogen) atoms. The van der Waals surface area contributed by atoms with E-state index in [1.807, 2.05) is 49.6 Å². The lowest BCUT2D eigenvalue weighted by Crippen LogP contribution is -2.32. The molecule has 0 aliphatic carbocycles. The van der Waals surface area contributed by atoms with E-state index in [-0.39, 0.29) is 5.91 Å². The maximum Gasteiger partial charge on any atom is 0.225 e. The molecule has 1 amide bonds. The summed E-state index contributed by atoms with van der Waals surface area (Å²) in [6.45, 7) is 2.91. The van der Waals surface area contributed by atoms with Gasteiger partial charge in [0.05, 0.1) is 0 Å². The highest BCUT2D eigenvalue weighted by atomic mass is 16.1. The standard InChI is InChI=1S/C16H19N3O/c1-14-8-9-15(17-13-14)18-16(20)7-3-6-12-19-10-4-2-5-11-19/h2,4-5,8-11,13H,3,6-7,12H2,1H3/p+1. The quantitative estimate of drug-likeness (QED) is 0.647. The zero-order valence-electron chi connectivity index (χ0n) is 11.7. The summed E-state index contributed by atoms with van der Waals surface area (Å²) in [7, 11) is 0. The second-order valence-electron chi connectivity index (χ2n) is 4.84. The summed E-state index contributed by atoms with van der Waals surface area (Å²) >= 11 is 0. The fourth-order valence-corrected chi connectivity index (χ4v) is 1.91. The molecule has 0 aromatic carbocycles. The number of amides is 1. The summed E-state index contributed by atoms with van der Waals surface area (Å²) in [6, 6.07) is 9.78. The highest BCUT2D eigenvalue weighted by Crippen LogP contribution is 2.05. The van der Waals surface area contributed by atoms with Crippen LogP contribution in [0.4, 0.5) is 5.82 Å². The van der Waals surface area contributed by atoms with E-state index in [1.54, 1.807) is 6.20 Å². The lowest BCUT2D eigenvalue weighted by atomic mass is 10.2. The van der Waals surface area contributed by atoms with Gasteiger partial charge >= 0.3 is 0 Å². The third-order valence-corrected chi connectivity index (χ3v) is 3.03. The van der Waals surface area contributed by atoms with Crippen LogP contribution in [0.25, 0.3) is 0 Å². The Morgan fingerprint density at radius 2 is 2.00 bits per heavy atom. The second-order valence-corrected chi connectivity index (χ2v) is 4.84. The lowest BCUT2D eigenvalue weighted by molar-refractivity contribution is -0.697. The summed E-state index contributed by atoms with van der Waals surface area (Å²) in [5.41, 5.74) is 1.09. The Balaban J connectivity index is 1.66. The third kappa shape index (κ3) is 4.80. The predicted molar refractivity (Wildman–Crippen MR) is 78.1 cm³/mol. The van der Waals surface area contributed by atoms with E-state index in [1.165, 1.54) is 0 Å². The van der Waals surface area contributed by atoms with Crippen LogP contribution < -0.4 is 9.88 Å². The summed E-state index contributed by atoms with van der Waals surface area (Å²) in [5.74, 6) is 0.650. The van der Waals surface area contributed by atoms with Crippen LogP contribution in [0.5, 0.6) is 0 Å². The number of rotatable bonds is 6. The number of hydrogen-bond donors (Lipinski definition) is 1. The molecule has 2 aromatic heterocycles. The fourth-order valence-electron chi connectivity index (χ4n) is 1.91. The lowest BCUT2D eigenvalue weighted by Gasteiger charge is -2.04. The van der Waals surface area contributed by atoms with Crippen molar-refractivity contribution in [3.63, 3.8) is 0 Å². The minimum atomic E-state index is 0.0272. The van der Waals surface area contributed by atoms with E-state index in [2.05, 4.69) is 14.9 Å². The van der Waals surface area contributed by atoms with E-state index >= 15 is 0 Å². The van der Waals surface area contributed by atoms with Crippen LogP contribution in [-0.2, 0) is 11.3 Å². The largest absolute Gasteiger partial charge is 0.311 e. The zero-order chi connectivity index (χ0) is 14.2. The first-order valence-electron chi connectivity index (χ1n) is 6.90. The van der Waals surface area contributed by atoms with E-state index in [4.69, 9.17) is 0 Å². The van der Waals surface area contributed by atoms with E-state index < -0.39 is 0 Å². The number of pyridine rings is 2. The SMILES string of the molecule is Cc1ccc(NC(=O)CCCC[n+]2ccccc2)nc1.